The summed E-state index contributed by atoms with van der Waals surface area (Å²) in [6, 6.07) is 6.88. The Bertz CT molecular complexity index is 445. The van der Waals surface area contributed by atoms with E-state index >= 15 is 0 Å². The van der Waals surface area contributed by atoms with Crippen LogP contribution in [0.2, 0.25) is 0 Å². The van der Waals surface area contributed by atoms with Crippen molar-refractivity contribution in [1.29, 1.82) is 0 Å². The van der Waals surface area contributed by atoms with E-state index in [4.69, 9.17) is 0 Å². The monoisotopic (exact) mass is 212 g/mol. The Morgan fingerprint density at radius 1 is 1.38 bits per heavy atom. The van der Waals surface area contributed by atoms with E-state index in [9.17, 15) is 0 Å². The fourth-order valence-electron chi connectivity index (χ4n) is 2.23. The third-order valence-electron chi connectivity index (χ3n) is 3.35. The van der Waals surface area contributed by atoms with Gasteiger partial charge in [0.25, 0.3) is 0 Å². The molecule has 0 aromatic heterocycles. The van der Waals surface area contributed by atoms with Gasteiger partial charge in [-0.2, -0.15) is 0 Å². The van der Waals surface area contributed by atoms with Crippen molar-refractivity contribution in [3.8, 4) is 0 Å². The third-order valence-corrected chi connectivity index (χ3v) is 3.35. The maximum atomic E-state index is 4.07. The summed E-state index contributed by atoms with van der Waals surface area (Å²) in [5, 5.41) is 0. The molecule has 0 bridgehead atoms. The molecule has 1 saturated carbocycles. The first-order chi connectivity index (χ1) is 7.63. The molecule has 0 saturated heterocycles. The Kier molecular flexibility index (Phi) is 3.00. The first-order valence-corrected chi connectivity index (χ1v) is 6.06. The smallest absolute Gasteiger partial charge is 0.0153 e. The van der Waals surface area contributed by atoms with Gasteiger partial charge < -0.3 is 0 Å². The van der Waals surface area contributed by atoms with Gasteiger partial charge in [-0.05, 0) is 61.8 Å². The van der Waals surface area contributed by atoms with Crippen LogP contribution in [0, 0.1) is 6.92 Å². The molecule has 0 amide bonds. The average molecular weight is 212 g/mol. The fourth-order valence-corrected chi connectivity index (χ4v) is 2.23. The maximum absolute atomic E-state index is 4.07. The maximum Gasteiger partial charge on any atom is -0.0153 e. The summed E-state index contributed by atoms with van der Waals surface area (Å²) in [4.78, 5) is 0. The summed E-state index contributed by atoms with van der Waals surface area (Å²) < 4.78 is 0. The lowest BCUT2D eigenvalue weighted by Crippen LogP contribution is -1.92. The van der Waals surface area contributed by atoms with Crippen LogP contribution in [0.1, 0.15) is 49.3 Å². The zero-order valence-corrected chi connectivity index (χ0v) is 10.5. The van der Waals surface area contributed by atoms with E-state index in [2.05, 4.69) is 51.6 Å². The minimum atomic E-state index is 0.822. The summed E-state index contributed by atoms with van der Waals surface area (Å²) in [5.41, 5.74) is 6.65. The van der Waals surface area contributed by atoms with Gasteiger partial charge in [0, 0.05) is 0 Å². The Hall–Kier alpha value is -1.30. The van der Waals surface area contributed by atoms with E-state index in [-0.39, 0.29) is 0 Å². The molecule has 16 heavy (non-hydrogen) atoms. The van der Waals surface area contributed by atoms with Crippen molar-refractivity contribution < 1.29 is 0 Å². The average Bonchev–Trinajstić information content (AvgIpc) is 3.05. The van der Waals surface area contributed by atoms with Gasteiger partial charge in [0.05, 0.1) is 0 Å². The Morgan fingerprint density at radius 2 is 2.06 bits per heavy atom. The highest BCUT2D eigenvalue weighted by atomic mass is 14.3. The highest BCUT2D eigenvalue weighted by Crippen LogP contribution is 2.41. The van der Waals surface area contributed by atoms with Crippen molar-refractivity contribution in [3.63, 3.8) is 0 Å². The number of hydrogen-bond donors (Lipinski definition) is 0. The summed E-state index contributed by atoms with van der Waals surface area (Å²) in [6.07, 6.45) is 4.89. The van der Waals surface area contributed by atoms with Crippen molar-refractivity contribution in [1.82, 2.24) is 0 Å². The van der Waals surface area contributed by atoms with Crippen molar-refractivity contribution in [2.24, 2.45) is 0 Å². The van der Waals surface area contributed by atoms with Crippen LogP contribution in [0.5, 0.6) is 0 Å². The van der Waals surface area contributed by atoms with Gasteiger partial charge in [-0.15, -0.1) is 0 Å². The highest BCUT2D eigenvalue weighted by molar-refractivity contribution is 5.79. The lowest BCUT2D eigenvalue weighted by molar-refractivity contribution is 1.12. The van der Waals surface area contributed by atoms with Crippen LogP contribution in [0.25, 0.3) is 5.57 Å². The molecule has 0 aliphatic heterocycles. The molecular formula is C16H20. The van der Waals surface area contributed by atoms with E-state index in [1.807, 2.05) is 0 Å². The predicted octanol–water partition coefficient (Wildman–Crippen LogP) is 4.85. The normalized spacial score (nSPS) is 16.3. The van der Waals surface area contributed by atoms with Crippen LogP contribution in [0.3, 0.4) is 0 Å². The highest BCUT2D eigenvalue weighted by Gasteiger charge is 2.24. The summed E-state index contributed by atoms with van der Waals surface area (Å²) in [5.74, 6) is 0.822. The van der Waals surface area contributed by atoms with Gasteiger partial charge in [-0.25, -0.2) is 0 Å². The van der Waals surface area contributed by atoms with Crippen molar-refractivity contribution in [3.05, 3.63) is 53.1 Å². The SMILES string of the molecule is C=C(C)/C(=C\C)c1cc(C2CC2)ccc1C. The fraction of sp³-hybridized carbons (Fsp3) is 0.375. The second kappa shape index (κ2) is 4.29. The minimum absolute atomic E-state index is 0.822. The Balaban J connectivity index is 2.45. The van der Waals surface area contributed by atoms with Crippen molar-refractivity contribution in [2.45, 2.75) is 39.5 Å². The van der Waals surface area contributed by atoms with Crippen LogP contribution in [-0.2, 0) is 0 Å². The first kappa shape index (κ1) is 11.2. The van der Waals surface area contributed by atoms with Crippen LogP contribution in [-0.4, -0.2) is 0 Å². The van der Waals surface area contributed by atoms with Crippen molar-refractivity contribution in [2.75, 3.05) is 0 Å². The van der Waals surface area contributed by atoms with Crippen LogP contribution in [0.4, 0.5) is 0 Å². The Labute approximate surface area is 98.7 Å². The minimum Gasteiger partial charge on any atom is -0.0955 e. The molecule has 1 aromatic rings. The number of benzene rings is 1. The van der Waals surface area contributed by atoms with Crippen LogP contribution < -0.4 is 0 Å². The van der Waals surface area contributed by atoms with E-state index < -0.39 is 0 Å². The molecule has 1 fully saturated rings. The van der Waals surface area contributed by atoms with Crippen molar-refractivity contribution >= 4 is 5.57 Å². The molecule has 0 atom stereocenters. The van der Waals surface area contributed by atoms with Gasteiger partial charge in [0.15, 0.2) is 0 Å². The van der Waals surface area contributed by atoms with Gasteiger partial charge in [-0.1, -0.05) is 36.4 Å². The molecule has 1 aromatic carbocycles. The van der Waals surface area contributed by atoms with Gasteiger partial charge in [0.2, 0.25) is 0 Å². The molecule has 84 valence electrons. The molecule has 0 nitrogen and oxygen atoms in total. The first-order valence-electron chi connectivity index (χ1n) is 6.06. The molecule has 0 heteroatoms. The standard InChI is InChI=1S/C16H20/c1-5-15(11(2)3)16-10-14(13-8-9-13)7-6-12(16)4/h5-7,10,13H,2,8-9H2,1,3-4H3/b15-5+. The molecule has 0 spiro atoms. The van der Waals surface area contributed by atoms with E-state index in [0.29, 0.717) is 0 Å². The predicted molar refractivity (Wildman–Crippen MR) is 71.6 cm³/mol. The van der Waals surface area contributed by atoms with Gasteiger partial charge >= 0.3 is 0 Å². The molecule has 0 heterocycles. The summed E-state index contributed by atoms with van der Waals surface area (Å²) in [6.45, 7) is 10.4. The lowest BCUT2D eigenvalue weighted by Gasteiger charge is -2.12. The molecule has 0 N–H and O–H groups in total. The van der Waals surface area contributed by atoms with Crippen LogP contribution in [0.15, 0.2) is 36.4 Å². The Morgan fingerprint density at radius 3 is 2.56 bits per heavy atom. The lowest BCUT2D eigenvalue weighted by atomic mass is 9.93. The quantitative estimate of drug-likeness (QED) is 0.628. The molecule has 0 unspecified atom stereocenters. The van der Waals surface area contributed by atoms with Gasteiger partial charge in [-0.3, -0.25) is 0 Å². The number of aryl methyl sites for hydroxylation is 1. The molecule has 1 aliphatic carbocycles. The van der Waals surface area contributed by atoms with Crippen LogP contribution >= 0.6 is 0 Å². The second-order valence-electron chi connectivity index (χ2n) is 4.83. The number of rotatable bonds is 3. The third kappa shape index (κ3) is 2.11. The topological polar surface area (TPSA) is 0 Å². The zero-order valence-electron chi connectivity index (χ0n) is 10.5. The molecular weight excluding hydrogens is 192 g/mol. The van der Waals surface area contributed by atoms with Gasteiger partial charge in [0.1, 0.15) is 0 Å². The van der Waals surface area contributed by atoms with E-state index in [0.717, 1.165) is 11.5 Å². The second-order valence-corrected chi connectivity index (χ2v) is 4.83. The van der Waals surface area contributed by atoms with E-state index in [1.165, 1.54) is 35.1 Å². The molecule has 1 aliphatic rings. The largest absolute Gasteiger partial charge is 0.0955 e. The zero-order chi connectivity index (χ0) is 11.7. The molecule has 0 radical (unpaired) electrons. The number of hydrogen-bond acceptors (Lipinski definition) is 0. The molecule has 2 rings (SSSR count). The van der Waals surface area contributed by atoms with E-state index in [1.54, 1.807) is 0 Å². The summed E-state index contributed by atoms with van der Waals surface area (Å²) >= 11 is 0. The number of allylic oxidation sites excluding steroid dienone is 3. The summed E-state index contributed by atoms with van der Waals surface area (Å²) in [7, 11) is 0.